The van der Waals surface area contributed by atoms with Crippen molar-refractivity contribution in [3.8, 4) is 0 Å². The number of carbonyl (C=O) groups excluding carboxylic acids is 3. The lowest BCUT2D eigenvalue weighted by molar-refractivity contribution is -0.141. The van der Waals surface area contributed by atoms with E-state index in [2.05, 4.69) is 10.6 Å². The van der Waals surface area contributed by atoms with Crippen LogP contribution in [0.4, 0.5) is 0 Å². The zero-order valence-corrected chi connectivity index (χ0v) is 29.2. The second-order valence-electron chi connectivity index (χ2n) is 14.2. The van der Waals surface area contributed by atoms with Gasteiger partial charge in [0.1, 0.15) is 6.04 Å². The van der Waals surface area contributed by atoms with Gasteiger partial charge in [0.2, 0.25) is 17.7 Å². The summed E-state index contributed by atoms with van der Waals surface area (Å²) in [4.78, 5) is 45.4. The highest BCUT2D eigenvalue weighted by molar-refractivity contribution is 5.94. The Hall–Kier alpha value is -2.75. The number of ether oxygens (including phenoxy) is 2. The third kappa shape index (κ3) is 8.92. The number of hydrogen-bond acceptors (Lipinski definition) is 6. The highest BCUT2D eigenvalue weighted by Gasteiger charge is 2.42. The largest absolute Gasteiger partial charge is 0.383 e. The standard InChI is InChI=1S/C35H58N4O5/c1-23(2)28(20-24(3)32(41)39-26(21-43-11)18-19-27(39)22-44-12)38(10)33(42)30(34(4,5)6)37-31(40)29(36-9)35(7,8)25-16-14-13-15-17-25/h13-17,20,23,26-30,36H,18-19,21-22H2,1-12H3,(H,37,40)/b24-20+/t26?,27?,28?,29-,30?/m1/s1. The predicted octanol–water partition coefficient (Wildman–Crippen LogP) is 4.16. The average molecular weight is 615 g/mol. The van der Waals surface area contributed by atoms with E-state index in [-0.39, 0.29) is 41.8 Å². The monoisotopic (exact) mass is 614 g/mol. The molecule has 0 bridgehead atoms. The number of likely N-dealkylation sites (tertiary alicyclic amines) is 1. The van der Waals surface area contributed by atoms with Gasteiger partial charge in [-0.3, -0.25) is 14.4 Å². The molecule has 0 saturated carbocycles. The molecule has 1 aromatic rings. The van der Waals surface area contributed by atoms with Crippen LogP contribution < -0.4 is 10.6 Å². The third-order valence-electron chi connectivity index (χ3n) is 9.00. The number of nitrogens with zero attached hydrogens (tertiary/aromatic N) is 2. The second kappa shape index (κ2) is 16.0. The zero-order chi connectivity index (χ0) is 33.4. The molecule has 4 unspecified atom stereocenters. The van der Waals surface area contributed by atoms with Crippen molar-refractivity contribution in [3.05, 3.63) is 47.5 Å². The number of likely N-dealkylation sites (N-methyl/N-ethyl adjacent to an activating group) is 2. The van der Waals surface area contributed by atoms with E-state index in [0.717, 1.165) is 18.4 Å². The molecule has 1 aliphatic rings. The minimum Gasteiger partial charge on any atom is -0.383 e. The fourth-order valence-electron chi connectivity index (χ4n) is 6.37. The molecule has 248 valence electrons. The first kappa shape index (κ1) is 37.4. The van der Waals surface area contributed by atoms with Gasteiger partial charge in [0.25, 0.3) is 0 Å². The van der Waals surface area contributed by atoms with Crippen LogP contribution >= 0.6 is 0 Å². The Morgan fingerprint density at radius 2 is 1.50 bits per heavy atom. The van der Waals surface area contributed by atoms with Gasteiger partial charge in [-0.2, -0.15) is 0 Å². The molecular formula is C35H58N4O5. The number of rotatable bonds is 14. The molecule has 0 radical (unpaired) electrons. The summed E-state index contributed by atoms with van der Waals surface area (Å²) in [6.45, 7) is 16.7. The lowest BCUT2D eigenvalue weighted by atomic mass is 9.76. The van der Waals surface area contributed by atoms with E-state index in [1.807, 2.05) is 96.7 Å². The number of benzene rings is 1. The van der Waals surface area contributed by atoms with Gasteiger partial charge in [0.15, 0.2) is 0 Å². The lowest BCUT2D eigenvalue weighted by Gasteiger charge is -2.40. The van der Waals surface area contributed by atoms with E-state index < -0.39 is 22.9 Å². The van der Waals surface area contributed by atoms with Gasteiger partial charge in [0, 0.05) is 32.3 Å². The minimum absolute atomic E-state index is 0.0198. The fraction of sp³-hybridized carbons (Fsp3) is 0.686. The van der Waals surface area contributed by atoms with Gasteiger partial charge in [-0.15, -0.1) is 0 Å². The van der Waals surface area contributed by atoms with Gasteiger partial charge in [-0.1, -0.05) is 84.9 Å². The number of hydrogen-bond donors (Lipinski definition) is 2. The van der Waals surface area contributed by atoms with Crippen LogP contribution in [0.3, 0.4) is 0 Å². The number of carbonyl (C=O) groups is 3. The minimum atomic E-state index is -0.788. The Morgan fingerprint density at radius 3 is 1.93 bits per heavy atom. The maximum atomic E-state index is 14.2. The number of methoxy groups -OCH3 is 2. The van der Waals surface area contributed by atoms with Gasteiger partial charge in [-0.05, 0) is 43.7 Å². The summed E-state index contributed by atoms with van der Waals surface area (Å²) < 4.78 is 10.8. The highest BCUT2D eigenvalue weighted by atomic mass is 16.5. The third-order valence-corrected chi connectivity index (χ3v) is 9.00. The van der Waals surface area contributed by atoms with Crippen molar-refractivity contribution in [2.45, 2.75) is 104 Å². The van der Waals surface area contributed by atoms with Crippen molar-refractivity contribution in [2.75, 3.05) is 41.5 Å². The Bertz CT molecular complexity index is 1110. The van der Waals surface area contributed by atoms with Crippen LogP contribution in [-0.4, -0.2) is 99.3 Å². The number of nitrogens with one attached hydrogen (secondary N) is 2. The van der Waals surface area contributed by atoms with Crippen LogP contribution in [0.5, 0.6) is 0 Å². The van der Waals surface area contributed by atoms with E-state index >= 15 is 0 Å². The molecule has 0 spiro atoms. The summed E-state index contributed by atoms with van der Waals surface area (Å²) in [6, 6.07) is 8.14. The molecule has 1 aliphatic heterocycles. The van der Waals surface area contributed by atoms with Gasteiger partial charge >= 0.3 is 0 Å². The normalized spacial score (nSPS) is 19.9. The van der Waals surface area contributed by atoms with Crippen molar-refractivity contribution >= 4 is 17.7 Å². The molecule has 5 atom stereocenters. The Kier molecular flexibility index (Phi) is 13.6. The van der Waals surface area contributed by atoms with E-state index in [1.54, 1.807) is 33.2 Å². The lowest BCUT2D eigenvalue weighted by Crippen LogP contribution is -2.61. The maximum Gasteiger partial charge on any atom is 0.249 e. The first-order valence-corrected chi connectivity index (χ1v) is 15.8. The van der Waals surface area contributed by atoms with Crippen molar-refractivity contribution in [3.63, 3.8) is 0 Å². The Morgan fingerprint density at radius 1 is 0.977 bits per heavy atom. The summed E-state index contributed by atoms with van der Waals surface area (Å²) >= 11 is 0. The van der Waals surface area contributed by atoms with Crippen LogP contribution in [0.15, 0.2) is 42.0 Å². The van der Waals surface area contributed by atoms with Crippen LogP contribution in [0.2, 0.25) is 0 Å². The molecule has 9 heteroatoms. The topological polar surface area (TPSA) is 100 Å². The van der Waals surface area contributed by atoms with Crippen LogP contribution in [-0.2, 0) is 29.3 Å². The van der Waals surface area contributed by atoms with Crippen LogP contribution in [0.25, 0.3) is 0 Å². The second-order valence-corrected chi connectivity index (χ2v) is 14.2. The highest BCUT2D eigenvalue weighted by Crippen LogP contribution is 2.30. The van der Waals surface area contributed by atoms with E-state index in [4.69, 9.17) is 9.47 Å². The summed E-state index contributed by atoms with van der Waals surface area (Å²) in [5.41, 5.74) is 0.495. The first-order valence-electron chi connectivity index (χ1n) is 15.8. The maximum absolute atomic E-state index is 14.2. The van der Waals surface area contributed by atoms with Gasteiger partial charge < -0.3 is 29.9 Å². The SMILES string of the molecule is CN[C@H](C(=O)NC(C(=O)N(C)C(/C=C(\C)C(=O)N1C(COC)CCC1COC)C(C)C)C(C)(C)C)C(C)(C)c1ccccc1. The molecule has 1 aromatic carbocycles. The van der Waals surface area contributed by atoms with Crippen molar-refractivity contribution < 1.29 is 23.9 Å². The summed E-state index contributed by atoms with van der Waals surface area (Å²) in [7, 11) is 6.82. The molecule has 3 amide bonds. The molecule has 44 heavy (non-hydrogen) atoms. The summed E-state index contributed by atoms with van der Waals surface area (Å²) in [6.07, 6.45) is 3.61. The quantitative estimate of drug-likeness (QED) is 0.305. The average Bonchev–Trinajstić information content (AvgIpc) is 3.35. The van der Waals surface area contributed by atoms with E-state index in [1.165, 1.54) is 0 Å². The molecule has 1 fully saturated rings. The van der Waals surface area contributed by atoms with E-state index in [9.17, 15) is 14.4 Å². The molecule has 1 heterocycles. The molecule has 1 saturated heterocycles. The number of amides is 3. The molecule has 2 N–H and O–H groups in total. The first-order chi connectivity index (χ1) is 20.5. The fourth-order valence-corrected chi connectivity index (χ4v) is 6.37. The Labute approximate surface area is 266 Å². The molecule has 9 nitrogen and oxygen atoms in total. The van der Waals surface area contributed by atoms with Crippen LogP contribution in [0.1, 0.15) is 73.8 Å². The van der Waals surface area contributed by atoms with Crippen molar-refractivity contribution in [2.24, 2.45) is 11.3 Å². The summed E-state index contributed by atoms with van der Waals surface area (Å²) in [5, 5.41) is 6.29. The Balaban J connectivity index is 2.36. The molecule has 2 rings (SSSR count). The zero-order valence-electron chi connectivity index (χ0n) is 29.2. The van der Waals surface area contributed by atoms with E-state index in [0.29, 0.717) is 18.8 Å². The van der Waals surface area contributed by atoms with Gasteiger partial charge in [0.05, 0.1) is 37.4 Å². The van der Waals surface area contributed by atoms with Gasteiger partial charge in [-0.25, -0.2) is 0 Å². The summed E-state index contributed by atoms with van der Waals surface area (Å²) in [5.74, 6) is -0.496. The van der Waals surface area contributed by atoms with Crippen LogP contribution in [0, 0.1) is 11.3 Å². The van der Waals surface area contributed by atoms with Crippen molar-refractivity contribution in [1.82, 2.24) is 20.4 Å². The smallest absolute Gasteiger partial charge is 0.249 e. The predicted molar refractivity (Wildman–Crippen MR) is 176 cm³/mol. The van der Waals surface area contributed by atoms with Crippen molar-refractivity contribution in [1.29, 1.82) is 0 Å². The molecule has 0 aromatic heterocycles. The molecular weight excluding hydrogens is 556 g/mol. The molecule has 0 aliphatic carbocycles.